The van der Waals surface area contributed by atoms with Gasteiger partial charge in [0.25, 0.3) is 0 Å². The van der Waals surface area contributed by atoms with Crippen molar-refractivity contribution in [2.75, 3.05) is 32.7 Å². The van der Waals surface area contributed by atoms with Crippen LogP contribution in [-0.2, 0) is 4.79 Å². The summed E-state index contributed by atoms with van der Waals surface area (Å²) in [6.07, 6.45) is 4.44. The SMILES string of the molecule is CC(=O)N1CCC(O)(CN2CC(n3cccn3)C2)C1. The predicted molar refractivity (Wildman–Crippen MR) is 69.5 cm³/mol. The van der Waals surface area contributed by atoms with Crippen molar-refractivity contribution in [2.45, 2.75) is 25.0 Å². The van der Waals surface area contributed by atoms with Crippen molar-refractivity contribution in [3.63, 3.8) is 0 Å². The summed E-state index contributed by atoms with van der Waals surface area (Å²) in [5.74, 6) is 0.0500. The van der Waals surface area contributed by atoms with Gasteiger partial charge in [-0.1, -0.05) is 0 Å². The van der Waals surface area contributed by atoms with E-state index in [0.29, 0.717) is 32.1 Å². The van der Waals surface area contributed by atoms with Crippen LogP contribution in [0.2, 0.25) is 0 Å². The molecule has 0 radical (unpaired) electrons. The Labute approximate surface area is 112 Å². The summed E-state index contributed by atoms with van der Waals surface area (Å²) >= 11 is 0. The lowest BCUT2D eigenvalue weighted by Gasteiger charge is -2.42. The molecular formula is C13H20N4O2. The van der Waals surface area contributed by atoms with Crippen molar-refractivity contribution < 1.29 is 9.90 Å². The molecule has 2 aliphatic rings. The fourth-order valence-corrected chi connectivity index (χ4v) is 3.01. The number of hydrogen-bond acceptors (Lipinski definition) is 4. The topological polar surface area (TPSA) is 61.6 Å². The molecule has 3 rings (SSSR count). The summed E-state index contributed by atoms with van der Waals surface area (Å²) in [4.78, 5) is 15.3. The quantitative estimate of drug-likeness (QED) is 0.816. The summed E-state index contributed by atoms with van der Waals surface area (Å²) in [5, 5.41) is 14.7. The molecule has 1 amide bonds. The van der Waals surface area contributed by atoms with Gasteiger partial charge in [0.1, 0.15) is 0 Å². The summed E-state index contributed by atoms with van der Waals surface area (Å²) < 4.78 is 1.97. The molecule has 0 aliphatic carbocycles. The van der Waals surface area contributed by atoms with Gasteiger partial charge in [-0.15, -0.1) is 0 Å². The molecule has 6 heteroatoms. The largest absolute Gasteiger partial charge is 0.387 e. The number of hydrogen-bond donors (Lipinski definition) is 1. The Morgan fingerprint density at radius 1 is 1.53 bits per heavy atom. The highest BCUT2D eigenvalue weighted by Crippen LogP contribution is 2.27. The first-order valence-electron chi connectivity index (χ1n) is 6.75. The minimum absolute atomic E-state index is 0.0500. The molecule has 1 atom stereocenters. The van der Waals surface area contributed by atoms with Crippen LogP contribution in [0.3, 0.4) is 0 Å². The van der Waals surface area contributed by atoms with E-state index in [2.05, 4.69) is 10.00 Å². The van der Waals surface area contributed by atoms with E-state index < -0.39 is 5.60 Å². The van der Waals surface area contributed by atoms with Gasteiger partial charge in [0.15, 0.2) is 0 Å². The monoisotopic (exact) mass is 264 g/mol. The van der Waals surface area contributed by atoms with E-state index in [9.17, 15) is 9.90 Å². The van der Waals surface area contributed by atoms with Crippen molar-refractivity contribution in [2.24, 2.45) is 0 Å². The van der Waals surface area contributed by atoms with Gasteiger partial charge in [-0.2, -0.15) is 5.10 Å². The number of carbonyl (C=O) groups is 1. The molecule has 104 valence electrons. The molecule has 19 heavy (non-hydrogen) atoms. The van der Waals surface area contributed by atoms with Crippen molar-refractivity contribution in [3.05, 3.63) is 18.5 Å². The highest BCUT2D eigenvalue weighted by molar-refractivity contribution is 5.73. The molecule has 1 N–H and O–H groups in total. The Morgan fingerprint density at radius 2 is 2.32 bits per heavy atom. The zero-order chi connectivity index (χ0) is 13.5. The Bertz CT molecular complexity index is 455. The van der Waals surface area contributed by atoms with Gasteiger partial charge in [-0.05, 0) is 12.5 Å². The van der Waals surface area contributed by atoms with Crippen molar-refractivity contribution >= 4 is 5.91 Å². The van der Waals surface area contributed by atoms with E-state index in [4.69, 9.17) is 0 Å². The molecular weight excluding hydrogens is 244 g/mol. The summed E-state index contributed by atoms with van der Waals surface area (Å²) in [7, 11) is 0. The normalized spacial score (nSPS) is 28.6. The zero-order valence-corrected chi connectivity index (χ0v) is 11.2. The number of aliphatic hydroxyl groups is 1. The maximum Gasteiger partial charge on any atom is 0.219 e. The van der Waals surface area contributed by atoms with Crippen LogP contribution in [0, 0.1) is 0 Å². The van der Waals surface area contributed by atoms with Crippen LogP contribution < -0.4 is 0 Å². The van der Waals surface area contributed by atoms with Crippen LogP contribution in [0.15, 0.2) is 18.5 Å². The standard InChI is InChI=1S/C13H20N4O2/c1-11(18)16-6-3-13(19,10-16)9-15-7-12(8-15)17-5-2-4-14-17/h2,4-5,12,19H,3,6-10H2,1H3. The van der Waals surface area contributed by atoms with Crippen LogP contribution in [0.25, 0.3) is 0 Å². The number of nitrogens with zero attached hydrogens (tertiary/aromatic N) is 4. The second kappa shape index (κ2) is 4.61. The van der Waals surface area contributed by atoms with Gasteiger partial charge < -0.3 is 10.0 Å². The Morgan fingerprint density at radius 3 is 2.89 bits per heavy atom. The number of rotatable bonds is 3. The molecule has 0 aromatic carbocycles. The molecule has 2 aliphatic heterocycles. The van der Waals surface area contributed by atoms with Gasteiger partial charge in [0.2, 0.25) is 5.91 Å². The van der Waals surface area contributed by atoms with Crippen LogP contribution in [0.5, 0.6) is 0 Å². The second-order valence-corrected chi connectivity index (χ2v) is 5.75. The lowest BCUT2D eigenvalue weighted by molar-refractivity contribution is -0.129. The number of likely N-dealkylation sites (tertiary alicyclic amines) is 2. The fourth-order valence-electron chi connectivity index (χ4n) is 3.01. The Kier molecular flexibility index (Phi) is 3.06. The minimum atomic E-state index is -0.735. The maximum atomic E-state index is 11.3. The summed E-state index contributed by atoms with van der Waals surface area (Å²) in [6.45, 7) is 5.18. The van der Waals surface area contributed by atoms with Gasteiger partial charge in [0.05, 0.1) is 18.2 Å². The van der Waals surface area contributed by atoms with Gasteiger partial charge in [0, 0.05) is 45.5 Å². The average Bonchev–Trinajstić information content (AvgIpc) is 2.92. The molecule has 0 saturated carbocycles. The third-order valence-electron chi connectivity index (χ3n) is 4.13. The second-order valence-electron chi connectivity index (χ2n) is 5.75. The Hall–Kier alpha value is -1.40. The zero-order valence-electron chi connectivity index (χ0n) is 11.2. The lowest BCUT2D eigenvalue weighted by atomic mass is 9.99. The van der Waals surface area contributed by atoms with E-state index in [-0.39, 0.29) is 5.91 Å². The summed E-state index contributed by atoms with van der Waals surface area (Å²) in [6, 6.07) is 2.35. The maximum absolute atomic E-state index is 11.3. The molecule has 2 fully saturated rings. The van der Waals surface area contributed by atoms with E-state index in [1.807, 2.05) is 16.9 Å². The van der Waals surface area contributed by atoms with E-state index >= 15 is 0 Å². The number of β-amino-alcohol motifs (C(OH)–C–C–N with tert-alkyl or cyclic N) is 1. The van der Waals surface area contributed by atoms with Crippen LogP contribution >= 0.6 is 0 Å². The molecule has 0 spiro atoms. The molecule has 1 aromatic rings. The number of carbonyl (C=O) groups excluding carboxylic acids is 1. The number of amides is 1. The van der Waals surface area contributed by atoms with E-state index in [1.165, 1.54) is 0 Å². The van der Waals surface area contributed by atoms with Crippen molar-refractivity contribution in [3.8, 4) is 0 Å². The third-order valence-corrected chi connectivity index (χ3v) is 4.13. The number of aromatic nitrogens is 2. The van der Waals surface area contributed by atoms with Crippen LogP contribution in [0.4, 0.5) is 0 Å². The van der Waals surface area contributed by atoms with Gasteiger partial charge in [-0.3, -0.25) is 14.4 Å². The highest BCUT2D eigenvalue weighted by atomic mass is 16.3. The molecule has 3 heterocycles. The highest BCUT2D eigenvalue weighted by Gasteiger charge is 2.41. The molecule has 0 bridgehead atoms. The van der Waals surface area contributed by atoms with Crippen LogP contribution in [0.1, 0.15) is 19.4 Å². The molecule has 1 aromatic heterocycles. The first-order valence-corrected chi connectivity index (χ1v) is 6.75. The van der Waals surface area contributed by atoms with E-state index in [0.717, 1.165) is 13.1 Å². The fraction of sp³-hybridized carbons (Fsp3) is 0.692. The molecule has 1 unspecified atom stereocenters. The average molecular weight is 264 g/mol. The van der Waals surface area contributed by atoms with E-state index in [1.54, 1.807) is 18.0 Å². The minimum Gasteiger partial charge on any atom is -0.387 e. The predicted octanol–water partition coefficient (Wildman–Crippen LogP) is -0.277. The molecule has 6 nitrogen and oxygen atoms in total. The van der Waals surface area contributed by atoms with Crippen molar-refractivity contribution in [1.29, 1.82) is 0 Å². The third kappa shape index (κ3) is 2.50. The van der Waals surface area contributed by atoms with Crippen LogP contribution in [-0.4, -0.2) is 68.9 Å². The van der Waals surface area contributed by atoms with Gasteiger partial charge >= 0.3 is 0 Å². The summed E-state index contributed by atoms with van der Waals surface area (Å²) in [5.41, 5.74) is -0.735. The smallest absolute Gasteiger partial charge is 0.219 e. The van der Waals surface area contributed by atoms with Crippen molar-refractivity contribution in [1.82, 2.24) is 19.6 Å². The van der Waals surface area contributed by atoms with Gasteiger partial charge in [-0.25, -0.2) is 0 Å². The first kappa shape index (κ1) is 12.6. The Balaban J connectivity index is 1.50. The lowest BCUT2D eigenvalue weighted by Crippen LogP contribution is -2.55. The molecule has 2 saturated heterocycles. The first-order chi connectivity index (χ1) is 9.06.